The Kier molecular flexibility index (Phi) is 6.66. The molecule has 144 valence electrons. The van der Waals surface area contributed by atoms with E-state index in [1.165, 1.54) is 17.0 Å². The van der Waals surface area contributed by atoms with Gasteiger partial charge >= 0.3 is 18.0 Å². The molecule has 1 aromatic carbocycles. The van der Waals surface area contributed by atoms with Gasteiger partial charge in [-0.15, -0.1) is 0 Å². The Morgan fingerprint density at radius 2 is 1.46 bits per heavy atom. The lowest BCUT2D eigenvalue weighted by molar-refractivity contribution is -0.141. The van der Waals surface area contributed by atoms with Crippen LogP contribution in [0.3, 0.4) is 0 Å². The van der Waals surface area contributed by atoms with E-state index in [1.54, 1.807) is 0 Å². The number of carbonyl (C=O) groups is 3. The molecule has 0 aliphatic carbocycles. The van der Waals surface area contributed by atoms with Crippen LogP contribution in [0.15, 0.2) is 34.1 Å². The minimum atomic E-state index is -4.65. The fourth-order valence-electron chi connectivity index (χ4n) is 1.69. The van der Waals surface area contributed by atoms with Crippen molar-refractivity contribution in [3.63, 3.8) is 0 Å². The predicted octanol–water partition coefficient (Wildman–Crippen LogP) is -1.11. The molecular weight excluding hydrogens is 396 g/mol. The van der Waals surface area contributed by atoms with Gasteiger partial charge in [0.15, 0.2) is 9.84 Å². The van der Waals surface area contributed by atoms with Gasteiger partial charge in [-0.3, -0.25) is 14.5 Å². The number of nitrogens with zero attached hydrogens (tertiary/aromatic N) is 1. The molecule has 0 saturated carbocycles. The van der Waals surface area contributed by atoms with Crippen LogP contribution in [0.5, 0.6) is 0 Å². The van der Waals surface area contributed by atoms with Gasteiger partial charge in [0, 0.05) is 6.26 Å². The van der Waals surface area contributed by atoms with E-state index in [0.29, 0.717) is 0 Å². The molecule has 0 unspecified atom stereocenters. The topological polar surface area (TPSA) is 184 Å². The normalized spacial score (nSPS) is 11.6. The lowest BCUT2D eigenvalue weighted by Gasteiger charge is -2.18. The van der Waals surface area contributed by atoms with Crippen LogP contribution in [0, 0.1) is 0 Å². The lowest BCUT2D eigenvalue weighted by atomic mass is 10.4. The smallest absolute Gasteiger partial charge is 0.430 e. The van der Waals surface area contributed by atoms with E-state index in [0.717, 1.165) is 18.4 Å². The number of amides is 1. The fraction of sp³-hybridized carbons (Fsp3) is 0.250. The van der Waals surface area contributed by atoms with Crippen molar-refractivity contribution in [2.75, 3.05) is 19.3 Å². The van der Waals surface area contributed by atoms with Crippen molar-refractivity contribution in [1.29, 1.82) is 0 Å². The van der Waals surface area contributed by atoms with Crippen LogP contribution in [0.25, 0.3) is 0 Å². The summed E-state index contributed by atoms with van der Waals surface area (Å²) < 4.78 is 47.6. The van der Waals surface area contributed by atoms with Gasteiger partial charge in [-0.2, -0.15) is 0 Å². The van der Waals surface area contributed by atoms with E-state index in [4.69, 9.17) is 10.2 Å². The highest BCUT2D eigenvalue weighted by molar-refractivity contribution is 7.93. The van der Waals surface area contributed by atoms with Crippen LogP contribution >= 0.6 is 0 Å². The second-order valence-electron chi connectivity index (χ2n) is 4.82. The van der Waals surface area contributed by atoms with Crippen LogP contribution in [0.4, 0.5) is 4.79 Å². The molecule has 1 aromatic rings. The summed E-state index contributed by atoms with van der Waals surface area (Å²) >= 11 is 0. The fourth-order valence-corrected chi connectivity index (χ4v) is 4.09. The maximum Gasteiger partial charge on any atom is 0.430 e. The predicted molar refractivity (Wildman–Crippen MR) is 83.2 cm³/mol. The molecule has 0 fully saturated rings. The Labute approximate surface area is 147 Å². The number of carbonyl (C=O) groups excluding carboxylic acids is 1. The van der Waals surface area contributed by atoms with Crippen molar-refractivity contribution in [2.45, 2.75) is 9.79 Å². The van der Waals surface area contributed by atoms with Crippen LogP contribution in [-0.4, -0.2) is 69.3 Å². The molecular formula is C12H14N2O10S2. The Balaban J connectivity index is 3.03. The van der Waals surface area contributed by atoms with Crippen molar-refractivity contribution in [1.82, 2.24) is 9.79 Å². The van der Waals surface area contributed by atoms with Crippen molar-refractivity contribution < 1.29 is 46.3 Å². The first-order valence-corrected chi connectivity index (χ1v) is 9.92. The van der Waals surface area contributed by atoms with Crippen molar-refractivity contribution in [3.8, 4) is 0 Å². The SMILES string of the molecule is CS(=O)(=O)c1ccccc1S(=O)(=O)NOC(=O)N(CC(=O)O)CC(=O)O. The van der Waals surface area contributed by atoms with E-state index in [1.807, 2.05) is 0 Å². The first-order chi connectivity index (χ1) is 11.8. The molecule has 0 atom stereocenters. The Hall–Kier alpha value is -2.71. The number of carboxylic acid groups (broad SMARTS) is 2. The van der Waals surface area contributed by atoms with E-state index in [9.17, 15) is 31.2 Å². The molecule has 14 heteroatoms. The van der Waals surface area contributed by atoms with E-state index >= 15 is 0 Å². The first kappa shape index (κ1) is 21.3. The van der Waals surface area contributed by atoms with Gasteiger partial charge < -0.3 is 15.1 Å². The zero-order chi connectivity index (χ0) is 20.1. The third-order valence-electron chi connectivity index (χ3n) is 2.69. The number of carboxylic acids is 2. The highest BCUT2D eigenvalue weighted by Gasteiger charge is 2.27. The van der Waals surface area contributed by atoms with Crippen LogP contribution < -0.4 is 4.89 Å². The Morgan fingerprint density at radius 3 is 1.88 bits per heavy atom. The second kappa shape index (κ2) is 8.11. The van der Waals surface area contributed by atoms with Crippen molar-refractivity contribution in [3.05, 3.63) is 24.3 Å². The van der Waals surface area contributed by atoms with Gasteiger partial charge in [0.1, 0.15) is 18.0 Å². The Bertz CT molecular complexity index is 907. The molecule has 0 heterocycles. The molecule has 0 aromatic heterocycles. The molecule has 12 nitrogen and oxygen atoms in total. The highest BCUT2D eigenvalue weighted by Crippen LogP contribution is 2.20. The number of hydrogen-bond acceptors (Lipinski definition) is 8. The summed E-state index contributed by atoms with van der Waals surface area (Å²) in [6.45, 7) is -2.13. The van der Waals surface area contributed by atoms with E-state index in [-0.39, 0.29) is 4.90 Å². The minimum absolute atomic E-state index is 0.204. The summed E-state index contributed by atoms with van der Waals surface area (Å²) in [5, 5.41) is 17.3. The molecule has 3 N–H and O–H groups in total. The zero-order valence-electron chi connectivity index (χ0n) is 13.1. The minimum Gasteiger partial charge on any atom is -0.480 e. The zero-order valence-corrected chi connectivity index (χ0v) is 14.8. The van der Waals surface area contributed by atoms with Gasteiger partial charge in [0.05, 0.1) is 4.90 Å². The number of hydrogen-bond donors (Lipinski definition) is 3. The highest BCUT2D eigenvalue weighted by atomic mass is 32.2. The quantitative estimate of drug-likeness (QED) is 0.444. The summed E-state index contributed by atoms with van der Waals surface area (Å²) in [4.78, 5) is 37.5. The number of aliphatic carboxylic acids is 2. The third-order valence-corrected chi connectivity index (χ3v) is 5.21. The standard InChI is InChI=1S/C12H14N2O10S2/c1-25(20,21)8-4-2-3-5-9(8)26(22,23)13-24-12(19)14(6-10(15)16)7-11(17)18/h2-5,13H,6-7H2,1H3,(H,15,16)(H,17,18). The van der Waals surface area contributed by atoms with E-state index in [2.05, 4.69) is 4.84 Å². The number of nitrogens with one attached hydrogen (secondary N) is 1. The second-order valence-corrected chi connectivity index (χ2v) is 8.41. The van der Waals surface area contributed by atoms with Crippen molar-refractivity contribution >= 4 is 37.9 Å². The average molecular weight is 410 g/mol. The lowest BCUT2D eigenvalue weighted by Crippen LogP contribution is -2.42. The van der Waals surface area contributed by atoms with Crippen LogP contribution in [0.2, 0.25) is 0 Å². The summed E-state index contributed by atoms with van der Waals surface area (Å²) in [6.07, 6.45) is -0.829. The maximum absolute atomic E-state index is 12.2. The molecule has 1 amide bonds. The van der Waals surface area contributed by atoms with Crippen LogP contribution in [0.1, 0.15) is 0 Å². The van der Waals surface area contributed by atoms with Gasteiger partial charge in [-0.05, 0) is 17.0 Å². The number of rotatable bonds is 8. The van der Waals surface area contributed by atoms with Crippen molar-refractivity contribution in [2.24, 2.45) is 0 Å². The summed E-state index contributed by atoms with van der Waals surface area (Å²) in [5.74, 6) is -3.12. The number of sulfone groups is 1. The molecule has 0 aliphatic heterocycles. The summed E-state index contributed by atoms with van der Waals surface area (Å²) in [5.41, 5.74) is 0. The molecule has 0 aliphatic rings. The largest absolute Gasteiger partial charge is 0.480 e. The van der Waals surface area contributed by atoms with Gasteiger partial charge in [-0.1, -0.05) is 12.1 Å². The molecule has 0 saturated heterocycles. The molecule has 0 bridgehead atoms. The van der Waals surface area contributed by atoms with E-state index < -0.39 is 60.8 Å². The average Bonchev–Trinajstić information content (AvgIpc) is 2.50. The first-order valence-electron chi connectivity index (χ1n) is 6.55. The summed E-state index contributed by atoms with van der Waals surface area (Å²) in [6, 6.07) is 4.47. The van der Waals surface area contributed by atoms with Gasteiger partial charge in [-0.25, -0.2) is 21.6 Å². The third kappa shape index (κ3) is 5.98. The number of sulfonamides is 1. The Morgan fingerprint density at radius 1 is 1.00 bits per heavy atom. The summed E-state index contributed by atoms with van der Waals surface area (Å²) in [7, 11) is -8.58. The van der Waals surface area contributed by atoms with Gasteiger partial charge in [0.2, 0.25) is 0 Å². The molecule has 0 radical (unpaired) electrons. The maximum atomic E-state index is 12.2. The van der Waals surface area contributed by atoms with Gasteiger partial charge in [0.25, 0.3) is 10.0 Å². The van der Waals surface area contributed by atoms with Crippen LogP contribution in [-0.2, 0) is 34.3 Å². The monoisotopic (exact) mass is 410 g/mol. The molecule has 26 heavy (non-hydrogen) atoms. The molecule has 0 spiro atoms. The number of benzene rings is 1. The molecule has 1 rings (SSSR count).